The van der Waals surface area contributed by atoms with E-state index in [1.807, 2.05) is 60.7 Å². The van der Waals surface area contributed by atoms with E-state index in [2.05, 4.69) is 5.32 Å². The number of ether oxygens (including phenoxy) is 2. The van der Waals surface area contributed by atoms with Gasteiger partial charge in [0.2, 0.25) is 0 Å². The van der Waals surface area contributed by atoms with Crippen LogP contribution in [0.5, 0.6) is 5.75 Å². The Morgan fingerprint density at radius 1 is 0.900 bits per heavy atom. The van der Waals surface area contributed by atoms with Crippen molar-refractivity contribution in [2.75, 3.05) is 5.32 Å². The fourth-order valence-corrected chi connectivity index (χ4v) is 2.61. The second-order valence-corrected chi connectivity index (χ2v) is 6.61. The molecule has 0 unspecified atom stereocenters. The molecule has 3 aromatic rings. The zero-order valence-electron chi connectivity index (χ0n) is 16.7. The molecule has 0 saturated carbocycles. The maximum absolute atomic E-state index is 12.3. The van der Waals surface area contributed by atoms with Gasteiger partial charge in [0.1, 0.15) is 12.4 Å². The first kappa shape index (κ1) is 20.9. The van der Waals surface area contributed by atoms with E-state index < -0.39 is 18.0 Å². The highest BCUT2D eigenvalue weighted by molar-refractivity contribution is 5.96. The van der Waals surface area contributed by atoms with Gasteiger partial charge in [0.05, 0.1) is 0 Å². The van der Waals surface area contributed by atoms with Crippen LogP contribution in [0, 0.1) is 0 Å². The maximum Gasteiger partial charge on any atom is 0.331 e. The Bertz CT molecular complexity index is 983. The van der Waals surface area contributed by atoms with Crippen LogP contribution in [0.15, 0.2) is 91.0 Å². The van der Waals surface area contributed by atoms with Crippen LogP contribution in [-0.2, 0) is 20.9 Å². The van der Waals surface area contributed by atoms with Gasteiger partial charge in [-0.2, -0.15) is 0 Å². The molecule has 0 fully saturated rings. The Hall–Kier alpha value is -3.86. The van der Waals surface area contributed by atoms with Gasteiger partial charge in [0, 0.05) is 11.8 Å². The van der Waals surface area contributed by atoms with Gasteiger partial charge in [-0.1, -0.05) is 60.7 Å². The second-order valence-electron chi connectivity index (χ2n) is 6.61. The summed E-state index contributed by atoms with van der Waals surface area (Å²) in [5.41, 5.74) is 2.54. The summed E-state index contributed by atoms with van der Waals surface area (Å²) in [6.07, 6.45) is 2.02. The normalized spacial score (nSPS) is 11.6. The molecule has 3 aromatic carbocycles. The van der Waals surface area contributed by atoms with Gasteiger partial charge in [-0.25, -0.2) is 4.79 Å². The number of rotatable bonds is 8. The van der Waals surface area contributed by atoms with Gasteiger partial charge >= 0.3 is 5.97 Å². The molecule has 5 nitrogen and oxygen atoms in total. The summed E-state index contributed by atoms with van der Waals surface area (Å²) >= 11 is 0. The number of carbonyl (C=O) groups excluding carboxylic acids is 2. The van der Waals surface area contributed by atoms with Crippen LogP contribution >= 0.6 is 0 Å². The van der Waals surface area contributed by atoms with Crippen LogP contribution in [-0.4, -0.2) is 18.0 Å². The van der Waals surface area contributed by atoms with Gasteiger partial charge in [-0.15, -0.1) is 0 Å². The van der Waals surface area contributed by atoms with E-state index in [0.29, 0.717) is 18.0 Å². The lowest BCUT2D eigenvalue weighted by Gasteiger charge is -2.13. The fraction of sp³-hybridized carbons (Fsp3) is 0.120. The Kier molecular flexibility index (Phi) is 7.39. The maximum atomic E-state index is 12.3. The number of carbonyl (C=O) groups is 2. The Labute approximate surface area is 176 Å². The Morgan fingerprint density at radius 2 is 1.53 bits per heavy atom. The van der Waals surface area contributed by atoms with Crippen molar-refractivity contribution in [2.45, 2.75) is 19.6 Å². The number of hydrogen-bond acceptors (Lipinski definition) is 4. The van der Waals surface area contributed by atoms with Gasteiger partial charge in [-0.05, 0) is 48.4 Å². The summed E-state index contributed by atoms with van der Waals surface area (Å²) in [5, 5.41) is 2.73. The van der Waals surface area contributed by atoms with E-state index in [-0.39, 0.29) is 0 Å². The van der Waals surface area contributed by atoms with E-state index in [9.17, 15) is 9.59 Å². The summed E-state index contributed by atoms with van der Waals surface area (Å²) in [5.74, 6) is -0.289. The highest BCUT2D eigenvalue weighted by Crippen LogP contribution is 2.17. The van der Waals surface area contributed by atoms with Crippen molar-refractivity contribution in [3.8, 4) is 5.75 Å². The first-order valence-corrected chi connectivity index (χ1v) is 9.61. The zero-order chi connectivity index (χ0) is 21.2. The molecule has 30 heavy (non-hydrogen) atoms. The highest BCUT2D eigenvalue weighted by atomic mass is 16.5. The van der Waals surface area contributed by atoms with Crippen LogP contribution in [0.2, 0.25) is 0 Å². The molecule has 5 heteroatoms. The molecule has 0 aliphatic heterocycles. The zero-order valence-corrected chi connectivity index (χ0v) is 16.7. The van der Waals surface area contributed by atoms with Crippen LogP contribution in [0.3, 0.4) is 0 Å². The van der Waals surface area contributed by atoms with Gasteiger partial charge in [-0.3, -0.25) is 4.79 Å². The summed E-state index contributed by atoms with van der Waals surface area (Å²) < 4.78 is 10.9. The van der Waals surface area contributed by atoms with E-state index in [1.165, 1.54) is 13.0 Å². The minimum absolute atomic E-state index is 0.408. The predicted molar refractivity (Wildman–Crippen MR) is 117 cm³/mol. The minimum atomic E-state index is -0.924. The Balaban J connectivity index is 1.46. The number of anilines is 1. The molecule has 0 radical (unpaired) electrons. The smallest absolute Gasteiger partial charge is 0.331 e. The van der Waals surface area contributed by atoms with Crippen LogP contribution < -0.4 is 10.1 Å². The molecule has 1 atom stereocenters. The largest absolute Gasteiger partial charge is 0.489 e. The summed E-state index contributed by atoms with van der Waals surface area (Å²) in [7, 11) is 0. The summed E-state index contributed by atoms with van der Waals surface area (Å²) in [6.45, 7) is 2.00. The van der Waals surface area contributed by atoms with Crippen molar-refractivity contribution in [1.82, 2.24) is 0 Å². The SMILES string of the molecule is C[C@H](OC(=O)/C=C/c1ccccc1)C(=O)Nc1ccc(OCc2ccccc2)cc1. The van der Waals surface area contributed by atoms with Crippen LogP contribution in [0.25, 0.3) is 6.08 Å². The molecule has 1 amide bonds. The number of benzene rings is 3. The van der Waals surface area contributed by atoms with Crippen LogP contribution in [0.1, 0.15) is 18.1 Å². The molecule has 0 heterocycles. The average molecular weight is 401 g/mol. The minimum Gasteiger partial charge on any atom is -0.489 e. The van der Waals surface area contributed by atoms with Gasteiger partial charge in [0.15, 0.2) is 6.10 Å². The molecule has 152 valence electrons. The van der Waals surface area contributed by atoms with Crippen molar-refractivity contribution >= 4 is 23.6 Å². The molecular formula is C25H23NO4. The molecule has 0 bridgehead atoms. The number of esters is 1. The van der Waals surface area contributed by atoms with Gasteiger partial charge in [0.25, 0.3) is 5.91 Å². The first-order valence-electron chi connectivity index (χ1n) is 9.61. The quantitative estimate of drug-likeness (QED) is 0.433. The molecule has 0 spiro atoms. The fourth-order valence-electron chi connectivity index (χ4n) is 2.61. The van der Waals surface area contributed by atoms with Crippen molar-refractivity contribution in [1.29, 1.82) is 0 Å². The van der Waals surface area contributed by atoms with Crippen molar-refractivity contribution in [3.63, 3.8) is 0 Å². The lowest BCUT2D eigenvalue weighted by Crippen LogP contribution is -2.29. The summed E-state index contributed by atoms with van der Waals surface area (Å²) in [4.78, 5) is 24.2. The van der Waals surface area contributed by atoms with E-state index in [1.54, 1.807) is 30.3 Å². The van der Waals surface area contributed by atoms with Crippen LogP contribution in [0.4, 0.5) is 5.69 Å². The third kappa shape index (κ3) is 6.63. The molecule has 3 rings (SSSR count). The topological polar surface area (TPSA) is 64.6 Å². The van der Waals surface area contributed by atoms with E-state index >= 15 is 0 Å². The predicted octanol–water partition coefficient (Wildman–Crippen LogP) is 4.85. The molecule has 1 N–H and O–H groups in total. The van der Waals surface area contributed by atoms with Crippen molar-refractivity contribution in [2.24, 2.45) is 0 Å². The number of amides is 1. The summed E-state index contributed by atoms with van der Waals surface area (Å²) in [6, 6.07) is 26.3. The molecule has 0 aliphatic rings. The third-order valence-electron chi connectivity index (χ3n) is 4.24. The standard InChI is InChI=1S/C25H23NO4/c1-19(30-24(27)17-12-20-8-4-2-5-9-20)25(28)26-22-13-15-23(16-14-22)29-18-21-10-6-3-7-11-21/h2-17,19H,18H2,1H3,(H,26,28)/b17-12+/t19-/m0/s1. The first-order chi connectivity index (χ1) is 14.6. The number of nitrogens with one attached hydrogen (secondary N) is 1. The molecule has 0 aromatic heterocycles. The average Bonchev–Trinajstić information content (AvgIpc) is 2.78. The third-order valence-corrected chi connectivity index (χ3v) is 4.24. The molecule has 0 saturated heterocycles. The molecule has 0 aliphatic carbocycles. The lowest BCUT2D eigenvalue weighted by molar-refractivity contribution is -0.148. The number of hydrogen-bond donors (Lipinski definition) is 1. The van der Waals surface area contributed by atoms with Crippen molar-refractivity contribution < 1.29 is 19.1 Å². The Morgan fingerprint density at radius 3 is 2.20 bits per heavy atom. The highest BCUT2D eigenvalue weighted by Gasteiger charge is 2.16. The monoisotopic (exact) mass is 401 g/mol. The van der Waals surface area contributed by atoms with Crippen molar-refractivity contribution in [3.05, 3.63) is 102 Å². The van der Waals surface area contributed by atoms with Gasteiger partial charge < -0.3 is 14.8 Å². The van der Waals surface area contributed by atoms with E-state index in [4.69, 9.17) is 9.47 Å². The molecular weight excluding hydrogens is 378 g/mol. The second kappa shape index (κ2) is 10.6. The lowest BCUT2D eigenvalue weighted by atomic mass is 10.2. The van der Waals surface area contributed by atoms with E-state index in [0.717, 1.165) is 11.1 Å².